The van der Waals surface area contributed by atoms with Crippen LogP contribution >= 0.6 is 0 Å². The summed E-state index contributed by atoms with van der Waals surface area (Å²) in [5.41, 5.74) is 40.0. The van der Waals surface area contributed by atoms with Crippen molar-refractivity contribution in [1.82, 2.24) is 9.13 Å². The summed E-state index contributed by atoms with van der Waals surface area (Å²) in [6.07, 6.45) is 0.824. The lowest BCUT2D eigenvalue weighted by molar-refractivity contribution is 0.411. The maximum atomic E-state index is 2.76. The molecule has 2 aliphatic rings. The molecule has 0 spiro atoms. The predicted molar refractivity (Wildman–Crippen MR) is 537 cm³/mol. The van der Waals surface area contributed by atoms with Crippen LogP contribution in [0, 0.1) is 5.41 Å². The summed E-state index contributed by atoms with van der Waals surface area (Å²) in [7, 11) is 0. The van der Waals surface area contributed by atoms with E-state index >= 15 is 0 Å². The zero-order valence-corrected chi connectivity index (χ0v) is 76.6. The molecule has 19 rings (SSSR count). The third-order valence-electron chi connectivity index (χ3n) is 26.5. The zero-order chi connectivity index (χ0) is 86.8. The fraction of sp³-hybridized carbons (Fsp3) is 0.244. The summed E-state index contributed by atoms with van der Waals surface area (Å²) in [6.45, 7) is 49.8. The van der Waals surface area contributed by atoms with Crippen molar-refractivity contribution in [2.24, 2.45) is 5.41 Å². The molecule has 2 aliphatic heterocycles. The van der Waals surface area contributed by atoms with E-state index in [0.717, 1.165) is 62.6 Å². The smallest absolute Gasteiger partial charge is 0.252 e. The first-order valence-electron chi connectivity index (χ1n) is 44.9. The molecule has 0 N–H and O–H groups in total. The van der Waals surface area contributed by atoms with Crippen LogP contribution in [0.2, 0.25) is 0 Å². The number of hydrogen-bond acceptors (Lipinski definition) is 2. The van der Waals surface area contributed by atoms with Gasteiger partial charge in [0.05, 0.1) is 33.4 Å². The fourth-order valence-electron chi connectivity index (χ4n) is 19.5. The minimum atomic E-state index is -0.252. The first-order valence-corrected chi connectivity index (χ1v) is 44.9. The number of aromatic nitrogens is 2. The Morgan fingerprint density at radius 1 is 0.218 bits per heavy atom. The average molecular weight is 1610 g/mol. The van der Waals surface area contributed by atoms with E-state index in [4.69, 9.17) is 0 Å². The molecule has 0 fully saturated rings. The third-order valence-corrected chi connectivity index (χ3v) is 26.5. The second-order valence-electron chi connectivity index (χ2n) is 43.0. The van der Waals surface area contributed by atoms with Crippen molar-refractivity contribution in [3.8, 4) is 78.1 Å². The van der Waals surface area contributed by atoms with Gasteiger partial charge in [-0.15, -0.1) is 0 Å². The first kappa shape index (κ1) is 81.2. The van der Waals surface area contributed by atoms with Crippen molar-refractivity contribution in [2.75, 3.05) is 9.80 Å². The Morgan fingerprint density at radius 3 is 0.782 bits per heavy atom. The summed E-state index contributed by atoms with van der Waals surface area (Å²) < 4.78 is 5.14. The summed E-state index contributed by atoms with van der Waals surface area (Å²) in [4.78, 5) is 5.51. The minimum Gasteiger partial charge on any atom is -0.311 e. The quantitative estimate of drug-likeness (QED) is 0.120. The van der Waals surface area contributed by atoms with Crippen molar-refractivity contribution < 1.29 is 0 Å². The standard InChI is InChI=1S/C119H117BN4/c1-113(2,3)74-75-58-110-112-111(59-75)124(103-57-47-87(115(7,8)9)71-95(103)85-62-90(118(16,17)18)69-91(63-85)119(19,20)21)109-73-93(122-106-54-44-82(78-38-30-24-31-39-78)66-98(106)99-67-83(45-55-107(99)122)79-40-32-25-33-41-79)49-51-101(109)120(112)100-50-48-92(121-104-52-42-80(76-34-26-22-27-35-76)64-96(104)97-65-81(43-53-105(97)121)77-36-28-23-29-37-77)72-108(100)123(110)102-56-46-86(114(4,5)6)70-94(102)84-60-88(116(10,11)12)68-89(61-84)117(13,14)15/h22-73H,74H2,1-21H3. The lowest BCUT2D eigenvalue weighted by Gasteiger charge is -2.45. The van der Waals surface area contributed by atoms with Gasteiger partial charge < -0.3 is 18.9 Å². The Kier molecular flexibility index (Phi) is 19.4. The van der Waals surface area contributed by atoms with E-state index in [1.807, 2.05) is 0 Å². The van der Waals surface area contributed by atoms with Crippen molar-refractivity contribution in [1.29, 1.82) is 0 Å². The zero-order valence-electron chi connectivity index (χ0n) is 76.6. The van der Waals surface area contributed by atoms with E-state index < -0.39 is 0 Å². The fourth-order valence-corrected chi connectivity index (χ4v) is 19.5. The second kappa shape index (κ2) is 29.7. The number of nitrogens with zero attached hydrogens (tertiary/aromatic N) is 4. The second-order valence-corrected chi connectivity index (χ2v) is 43.0. The molecule has 2 aromatic heterocycles. The van der Waals surface area contributed by atoms with Crippen LogP contribution in [0.25, 0.3) is 122 Å². The molecule has 0 amide bonds. The lowest BCUT2D eigenvalue weighted by atomic mass is 9.33. The molecule has 5 heteroatoms. The van der Waals surface area contributed by atoms with Gasteiger partial charge in [0.25, 0.3) is 6.71 Å². The Hall–Kier alpha value is -12.4. The van der Waals surface area contributed by atoms with Gasteiger partial charge in [-0.3, -0.25) is 0 Å². The molecule has 616 valence electrons. The average Bonchev–Trinajstić information content (AvgIpc) is 0.814. The topological polar surface area (TPSA) is 16.3 Å². The molecule has 0 bridgehead atoms. The van der Waals surface area contributed by atoms with Gasteiger partial charge >= 0.3 is 0 Å². The predicted octanol–water partition coefficient (Wildman–Crippen LogP) is 31.3. The first-order chi connectivity index (χ1) is 58.9. The molecular formula is C119H117BN4. The van der Waals surface area contributed by atoms with Gasteiger partial charge in [0.15, 0.2) is 0 Å². The van der Waals surface area contributed by atoms with E-state index in [2.05, 4.69) is 480 Å². The Labute approximate surface area is 737 Å². The Morgan fingerprint density at radius 2 is 0.508 bits per heavy atom. The van der Waals surface area contributed by atoms with Crippen molar-refractivity contribution >= 4 is 101 Å². The molecule has 15 aromatic carbocycles. The third kappa shape index (κ3) is 14.7. The molecule has 4 heterocycles. The number of benzene rings is 15. The van der Waals surface area contributed by atoms with Crippen molar-refractivity contribution in [3.63, 3.8) is 0 Å². The summed E-state index contributed by atoms with van der Waals surface area (Å²) in [5, 5.41) is 4.84. The van der Waals surface area contributed by atoms with Crippen LogP contribution in [0.3, 0.4) is 0 Å². The summed E-state index contributed by atoms with van der Waals surface area (Å²) in [5.74, 6) is 0. The normalized spacial score (nSPS) is 13.3. The molecule has 0 atom stereocenters. The van der Waals surface area contributed by atoms with Crippen LogP contribution in [-0.2, 0) is 38.9 Å². The van der Waals surface area contributed by atoms with Crippen LogP contribution in [-0.4, -0.2) is 15.8 Å². The van der Waals surface area contributed by atoms with E-state index in [0.29, 0.717) is 0 Å². The highest BCUT2D eigenvalue weighted by molar-refractivity contribution is 7.00. The lowest BCUT2D eigenvalue weighted by Crippen LogP contribution is -2.61. The molecule has 17 aromatic rings. The molecule has 0 radical (unpaired) electrons. The van der Waals surface area contributed by atoms with Gasteiger partial charge in [-0.2, -0.15) is 0 Å². The van der Waals surface area contributed by atoms with E-state index in [1.54, 1.807) is 0 Å². The number of rotatable bonds is 11. The number of fused-ring (bicyclic) bond motifs is 10. The van der Waals surface area contributed by atoms with Crippen molar-refractivity contribution in [3.05, 3.63) is 354 Å². The maximum absolute atomic E-state index is 2.76. The summed E-state index contributed by atoms with van der Waals surface area (Å²) >= 11 is 0. The van der Waals surface area contributed by atoms with Crippen LogP contribution < -0.4 is 26.2 Å². The van der Waals surface area contributed by atoms with Crippen LogP contribution in [0.15, 0.2) is 315 Å². The van der Waals surface area contributed by atoms with E-state index in [-0.39, 0.29) is 44.6 Å². The minimum absolute atomic E-state index is 0.114. The van der Waals surface area contributed by atoms with Gasteiger partial charge in [0, 0.05) is 66.8 Å². The van der Waals surface area contributed by atoms with Gasteiger partial charge in [-0.25, -0.2) is 0 Å². The van der Waals surface area contributed by atoms with E-state index in [9.17, 15) is 0 Å². The SMILES string of the molecule is CC(C)(C)Cc1cc2c3c(c1)N(c1ccc(C(C)(C)C)cc1-c1cc(C(C)(C)C)cc(C(C)(C)C)c1)c1cc(-n4c5ccc(-c6ccccc6)cc5c5cc(-c6ccccc6)ccc54)ccc1B3c1ccc(-n3c4ccc(-c5ccccc5)cc4c4cc(-c5ccccc5)ccc43)cc1N2c1ccc(C(C)(C)C)cc1-c1cc(C(C)(C)C)cc(C(C)(C)C)c1. The Balaban J connectivity index is 0.961. The van der Waals surface area contributed by atoms with Gasteiger partial charge in [0.2, 0.25) is 0 Å². The molecule has 4 nitrogen and oxygen atoms in total. The largest absolute Gasteiger partial charge is 0.311 e. The van der Waals surface area contributed by atoms with E-state index in [1.165, 1.54) is 155 Å². The highest BCUT2D eigenvalue weighted by Crippen LogP contribution is 2.54. The number of anilines is 6. The molecule has 0 aliphatic carbocycles. The van der Waals surface area contributed by atoms with Crippen LogP contribution in [0.1, 0.15) is 184 Å². The highest BCUT2D eigenvalue weighted by Gasteiger charge is 2.46. The monoisotopic (exact) mass is 1610 g/mol. The van der Waals surface area contributed by atoms with Gasteiger partial charge in [0.1, 0.15) is 0 Å². The molecule has 0 saturated heterocycles. The molecule has 0 unspecified atom stereocenters. The van der Waals surface area contributed by atoms with Crippen LogP contribution in [0.5, 0.6) is 0 Å². The van der Waals surface area contributed by atoms with Gasteiger partial charge in [-0.05, 0) is 264 Å². The van der Waals surface area contributed by atoms with Crippen molar-refractivity contribution in [2.45, 2.75) is 184 Å². The van der Waals surface area contributed by atoms with Gasteiger partial charge in [-0.1, -0.05) is 352 Å². The molecule has 0 saturated carbocycles. The van der Waals surface area contributed by atoms with Crippen LogP contribution in [0.4, 0.5) is 34.1 Å². The molecular weight excluding hydrogens is 1500 g/mol. The maximum Gasteiger partial charge on any atom is 0.252 e. The summed E-state index contributed by atoms with van der Waals surface area (Å²) in [6, 6.07) is 123. The number of hydrogen-bond donors (Lipinski definition) is 0. The Bertz CT molecular complexity index is 6410. The molecule has 124 heavy (non-hydrogen) atoms. The highest BCUT2D eigenvalue weighted by atomic mass is 15.2.